The zero-order chi connectivity index (χ0) is 13.5. The Bertz CT molecular complexity index is 511. The van der Waals surface area contributed by atoms with Gasteiger partial charge < -0.3 is 4.74 Å². The van der Waals surface area contributed by atoms with Crippen molar-refractivity contribution in [3.05, 3.63) is 60.4 Å². The van der Waals surface area contributed by atoms with Crippen molar-refractivity contribution in [1.29, 1.82) is 0 Å². The van der Waals surface area contributed by atoms with Crippen LogP contribution in [0.4, 0.5) is 0 Å². The molecule has 0 aliphatic heterocycles. The van der Waals surface area contributed by atoms with Crippen molar-refractivity contribution in [3.63, 3.8) is 0 Å². The first-order chi connectivity index (χ1) is 9.29. The van der Waals surface area contributed by atoms with Crippen LogP contribution in [0.1, 0.15) is 31.2 Å². The van der Waals surface area contributed by atoms with E-state index < -0.39 is 0 Å². The minimum absolute atomic E-state index is 0.180. The van der Waals surface area contributed by atoms with E-state index in [4.69, 9.17) is 4.74 Å². The van der Waals surface area contributed by atoms with Gasteiger partial charge in [0.1, 0.15) is 5.75 Å². The molecule has 0 amide bonds. The van der Waals surface area contributed by atoms with E-state index >= 15 is 0 Å². The molecule has 2 rings (SSSR count). The van der Waals surface area contributed by atoms with Crippen LogP contribution in [-0.4, -0.2) is 11.0 Å². The van der Waals surface area contributed by atoms with Crippen LogP contribution in [0.3, 0.4) is 0 Å². The molecule has 1 aromatic carbocycles. The maximum absolute atomic E-state index is 11.9. The van der Waals surface area contributed by atoms with Gasteiger partial charge in [-0.1, -0.05) is 25.1 Å². The predicted molar refractivity (Wildman–Crippen MR) is 74.0 cm³/mol. The smallest absolute Gasteiger partial charge is 0.311 e. The maximum atomic E-state index is 11.9. The summed E-state index contributed by atoms with van der Waals surface area (Å²) in [5, 5.41) is 0. The van der Waals surface area contributed by atoms with E-state index in [0.717, 1.165) is 12.0 Å². The summed E-state index contributed by atoms with van der Waals surface area (Å²) in [5.74, 6) is 0.575. The van der Waals surface area contributed by atoms with Gasteiger partial charge in [0, 0.05) is 12.4 Å². The molecule has 0 radical (unpaired) electrons. The number of pyridine rings is 1. The number of nitrogens with zero attached hydrogens (tertiary/aromatic N) is 1. The molecule has 0 N–H and O–H groups in total. The van der Waals surface area contributed by atoms with Crippen molar-refractivity contribution in [2.75, 3.05) is 0 Å². The maximum Gasteiger partial charge on any atom is 0.311 e. The first-order valence-electron chi connectivity index (χ1n) is 6.45. The highest BCUT2D eigenvalue weighted by Gasteiger charge is 2.15. The molecule has 1 aromatic heterocycles. The number of carbonyl (C=O) groups excluding carboxylic acids is 1. The van der Waals surface area contributed by atoms with Crippen LogP contribution < -0.4 is 4.74 Å². The van der Waals surface area contributed by atoms with Crippen LogP contribution in [0.15, 0.2) is 54.9 Å². The van der Waals surface area contributed by atoms with Gasteiger partial charge in [-0.05, 0) is 42.2 Å². The fraction of sp³-hybridized carbons (Fsp3) is 0.250. The quantitative estimate of drug-likeness (QED) is 0.605. The molecular formula is C16H17NO2. The topological polar surface area (TPSA) is 39.2 Å². The lowest BCUT2D eigenvalue weighted by Crippen LogP contribution is -2.12. The van der Waals surface area contributed by atoms with Gasteiger partial charge in [-0.3, -0.25) is 9.78 Å². The highest BCUT2D eigenvalue weighted by atomic mass is 16.5. The van der Waals surface area contributed by atoms with E-state index in [2.05, 4.69) is 11.9 Å². The second-order valence-electron chi connectivity index (χ2n) is 4.38. The van der Waals surface area contributed by atoms with Gasteiger partial charge in [0.2, 0.25) is 0 Å². The zero-order valence-corrected chi connectivity index (χ0v) is 11.0. The van der Waals surface area contributed by atoms with Crippen LogP contribution >= 0.6 is 0 Å². The van der Waals surface area contributed by atoms with E-state index in [9.17, 15) is 4.79 Å². The Morgan fingerprint density at radius 2 is 1.84 bits per heavy atom. The van der Waals surface area contributed by atoms with Gasteiger partial charge in [0.05, 0.1) is 6.42 Å². The average Bonchev–Trinajstić information content (AvgIpc) is 2.47. The first kappa shape index (κ1) is 13.3. The second-order valence-corrected chi connectivity index (χ2v) is 4.38. The van der Waals surface area contributed by atoms with E-state index in [1.165, 1.54) is 0 Å². The second kappa shape index (κ2) is 6.69. The van der Waals surface area contributed by atoms with Gasteiger partial charge in [0.25, 0.3) is 0 Å². The summed E-state index contributed by atoms with van der Waals surface area (Å²) in [6.07, 6.45) is 4.78. The minimum Gasteiger partial charge on any atom is -0.427 e. The normalized spacial score (nSPS) is 11.8. The van der Waals surface area contributed by atoms with E-state index in [-0.39, 0.29) is 11.9 Å². The number of hydrogen-bond donors (Lipinski definition) is 0. The molecule has 1 atom stereocenters. The summed E-state index contributed by atoms with van der Waals surface area (Å²) in [5.41, 5.74) is 1.13. The molecule has 0 spiro atoms. The highest BCUT2D eigenvalue weighted by molar-refractivity contribution is 5.73. The lowest BCUT2D eigenvalue weighted by atomic mass is 9.94. The van der Waals surface area contributed by atoms with Crippen molar-refractivity contribution < 1.29 is 9.53 Å². The summed E-state index contributed by atoms with van der Waals surface area (Å²) >= 11 is 0. The lowest BCUT2D eigenvalue weighted by Gasteiger charge is -2.14. The molecular weight excluding hydrogens is 238 g/mol. The monoisotopic (exact) mass is 255 g/mol. The Morgan fingerprint density at radius 1 is 1.16 bits per heavy atom. The largest absolute Gasteiger partial charge is 0.427 e. The molecule has 1 heterocycles. The van der Waals surface area contributed by atoms with Gasteiger partial charge in [-0.15, -0.1) is 0 Å². The summed E-state index contributed by atoms with van der Waals surface area (Å²) < 4.78 is 5.31. The van der Waals surface area contributed by atoms with Crippen LogP contribution in [0.25, 0.3) is 0 Å². The van der Waals surface area contributed by atoms with Gasteiger partial charge in [-0.25, -0.2) is 0 Å². The fourth-order valence-electron chi connectivity index (χ4n) is 2.00. The Hall–Kier alpha value is -2.16. The molecule has 0 bridgehead atoms. The standard InChI is InChI=1S/C16H17NO2/c1-2-13(14-8-10-17-11-9-14)12-16(18)19-15-6-4-3-5-7-15/h3-11,13H,2,12H2,1H3/t13-/m0/s1. The van der Waals surface area contributed by atoms with Crippen molar-refractivity contribution in [2.45, 2.75) is 25.7 Å². The van der Waals surface area contributed by atoms with E-state index in [1.807, 2.05) is 30.3 Å². The number of para-hydroxylation sites is 1. The SMILES string of the molecule is CC[C@@H](CC(=O)Oc1ccccc1)c1ccncc1. The third kappa shape index (κ3) is 3.91. The predicted octanol–water partition coefficient (Wildman–Crippen LogP) is 3.57. The van der Waals surface area contributed by atoms with Crippen molar-refractivity contribution in [3.8, 4) is 5.75 Å². The molecule has 98 valence electrons. The molecule has 0 aliphatic rings. The number of esters is 1. The lowest BCUT2D eigenvalue weighted by molar-refractivity contribution is -0.134. The third-order valence-corrected chi connectivity index (χ3v) is 3.06. The molecule has 19 heavy (non-hydrogen) atoms. The minimum atomic E-state index is -0.199. The summed E-state index contributed by atoms with van der Waals surface area (Å²) in [6.45, 7) is 2.07. The van der Waals surface area contributed by atoms with Crippen LogP contribution in [-0.2, 0) is 4.79 Å². The molecule has 0 unspecified atom stereocenters. The van der Waals surface area contributed by atoms with Gasteiger partial charge in [-0.2, -0.15) is 0 Å². The average molecular weight is 255 g/mol. The molecule has 2 aromatic rings. The van der Waals surface area contributed by atoms with Gasteiger partial charge >= 0.3 is 5.97 Å². The Balaban J connectivity index is 1.97. The first-order valence-corrected chi connectivity index (χ1v) is 6.45. The third-order valence-electron chi connectivity index (χ3n) is 3.06. The number of carbonyl (C=O) groups is 1. The summed E-state index contributed by atoms with van der Waals surface area (Å²) in [4.78, 5) is 15.9. The molecule has 0 fully saturated rings. The Kier molecular flexibility index (Phi) is 4.67. The van der Waals surface area contributed by atoms with Gasteiger partial charge in [0.15, 0.2) is 0 Å². The van der Waals surface area contributed by atoms with Crippen LogP contribution in [0.2, 0.25) is 0 Å². The van der Waals surface area contributed by atoms with Crippen molar-refractivity contribution in [2.24, 2.45) is 0 Å². The molecule has 3 heteroatoms. The Morgan fingerprint density at radius 3 is 2.47 bits per heavy atom. The number of benzene rings is 1. The van der Waals surface area contributed by atoms with E-state index in [1.54, 1.807) is 24.5 Å². The fourth-order valence-corrected chi connectivity index (χ4v) is 2.00. The highest BCUT2D eigenvalue weighted by Crippen LogP contribution is 2.23. The number of aromatic nitrogens is 1. The number of rotatable bonds is 5. The molecule has 3 nitrogen and oxygen atoms in total. The summed E-state index contributed by atoms with van der Waals surface area (Å²) in [6, 6.07) is 13.1. The van der Waals surface area contributed by atoms with Crippen LogP contribution in [0, 0.1) is 0 Å². The Labute approximate surface area is 113 Å². The zero-order valence-electron chi connectivity index (χ0n) is 11.0. The van der Waals surface area contributed by atoms with Crippen LogP contribution in [0.5, 0.6) is 5.75 Å². The van der Waals surface area contributed by atoms with Crippen molar-refractivity contribution in [1.82, 2.24) is 4.98 Å². The summed E-state index contributed by atoms with van der Waals surface area (Å²) in [7, 11) is 0. The molecule has 0 aliphatic carbocycles. The van der Waals surface area contributed by atoms with Crippen molar-refractivity contribution >= 4 is 5.97 Å². The molecule has 0 saturated heterocycles. The number of hydrogen-bond acceptors (Lipinski definition) is 3. The molecule has 0 saturated carbocycles. The number of ether oxygens (including phenoxy) is 1. The van der Waals surface area contributed by atoms with E-state index in [0.29, 0.717) is 12.2 Å².